The number of carbonyl (C=O) groups excluding carboxylic acids is 1. The van der Waals surface area contributed by atoms with Crippen LogP contribution in [-0.4, -0.2) is 58.6 Å². The second kappa shape index (κ2) is 9.96. The van der Waals surface area contributed by atoms with Gasteiger partial charge in [0.2, 0.25) is 5.91 Å². The largest absolute Gasteiger partial charge is 0.341 e. The maximum Gasteiger partial charge on any atom is 0.235 e. The zero-order valence-corrected chi connectivity index (χ0v) is 21.6. The first-order chi connectivity index (χ1) is 16.2. The molecule has 1 aliphatic rings. The Morgan fingerprint density at radius 3 is 2.41 bits per heavy atom. The van der Waals surface area contributed by atoms with Crippen molar-refractivity contribution in [2.75, 3.05) is 18.6 Å². The molecule has 0 saturated carbocycles. The zero-order chi connectivity index (χ0) is 24.5. The van der Waals surface area contributed by atoms with Crippen LogP contribution in [0, 0.1) is 0 Å². The number of imidazole rings is 1. The molecule has 0 spiro atoms. The van der Waals surface area contributed by atoms with Gasteiger partial charge in [-0.1, -0.05) is 74.1 Å². The highest BCUT2D eigenvalue weighted by Gasteiger charge is 2.34. The Hall–Kier alpha value is -2.58. The topological polar surface area (TPSA) is 72.3 Å². The molecule has 1 aromatic heterocycles. The van der Waals surface area contributed by atoms with E-state index in [0.717, 1.165) is 22.1 Å². The number of aromatic nitrogens is 2. The van der Waals surface area contributed by atoms with Gasteiger partial charge in [-0.15, -0.1) is 0 Å². The van der Waals surface area contributed by atoms with Crippen LogP contribution in [0.4, 0.5) is 0 Å². The van der Waals surface area contributed by atoms with Gasteiger partial charge in [0.15, 0.2) is 15.0 Å². The van der Waals surface area contributed by atoms with E-state index < -0.39 is 15.1 Å². The van der Waals surface area contributed by atoms with Gasteiger partial charge in [0.25, 0.3) is 0 Å². The van der Waals surface area contributed by atoms with Crippen LogP contribution in [0.2, 0.25) is 0 Å². The van der Waals surface area contributed by atoms with Gasteiger partial charge < -0.3 is 4.90 Å². The second-order valence-electron chi connectivity index (χ2n) is 9.11. The van der Waals surface area contributed by atoms with Crippen LogP contribution in [0.1, 0.15) is 38.7 Å². The highest BCUT2D eigenvalue weighted by atomic mass is 32.2. The normalized spacial score (nSPS) is 18.2. The summed E-state index contributed by atoms with van der Waals surface area (Å²) in [6.07, 6.45) is 2.36. The molecule has 3 aromatic rings. The van der Waals surface area contributed by atoms with E-state index in [0.29, 0.717) is 12.3 Å². The van der Waals surface area contributed by atoms with Gasteiger partial charge in [0.1, 0.15) is 0 Å². The van der Waals surface area contributed by atoms with Crippen LogP contribution in [0.3, 0.4) is 0 Å². The molecular formula is C26H31N3O3S2. The first-order valence-electron chi connectivity index (χ1n) is 11.5. The Labute approximate surface area is 206 Å². The molecule has 0 N–H and O–H groups in total. The number of carbonyl (C=O) groups is 1. The molecule has 0 unspecified atom stereocenters. The number of nitrogens with zero attached hydrogens (tertiary/aromatic N) is 3. The van der Waals surface area contributed by atoms with Crippen molar-refractivity contribution >= 4 is 27.5 Å². The minimum absolute atomic E-state index is 0.0428. The van der Waals surface area contributed by atoms with Crippen LogP contribution in [0.5, 0.6) is 0 Å². The minimum atomic E-state index is -3.06. The third-order valence-electron chi connectivity index (χ3n) is 6.33. The molecule has 34 heavy (non-hydrogen) atoms. The fraction of sp³-hybridized carbons (Fsp3) is 0.385. The lowest BCUT2D eigenvalue weighted by Crippen LogP contribution is -2.41. The van der Waals surface area contributed by atoms with Crippen molar-refractivity contribution in [3.8, 4) is 16.9 Å². The fourth-order valence-electron chi connectivity index (χ4n) is 4.40. The first kappa shape index (κ1) is 24.5. The minimum Gasteiger partial charge on any atom is -0.341 e. The Balaban J connectivity index is 1.69. The van der Waals surface area contributed by atoms with E-state index in [1.165, 1.54) is 17.3 Å². The summed E-state index contributed by atoms with van der Waals surface area (Å²) < 4.78 is 25.9. The van der Waals surface area contributed by atoms with E-state index >= 15 is 0 Å². The van der Waals surface area contributed by atoms with E-state index in [-0.39, 0.29) is 23.5 Å². The average molecular weight is 498 g/mol. The van der Waals surface area contributed by atoms with Crippen molar-refractivity contribution in [1.82, 2.24) is 14.5 Å². The van der Waals surface area contributed by atoms with Gasteiger partial charge in [0, 0.05) is 18.7 Å². The van der Waals surface area contributed by atoms with E-state index in [4.69, 9.17) is 4.98 Å². The molecule has 1 amide bonds. The number of benzene rings is 2. The summed E-state index contributed by atoms with van der Waals surface area (Å²) in [5, 5.41) is 0.324. The monoisotopic (exact) mass is 497 g/mol. The average Bonchev–Trinajstić information content (AvgIpc) is 3.41. The molecule has 180 valence electrons. The van der Waals surface area contributed by atoms with E-state index in [1.807, 2.05) is 43.5 Å². The molecule has 4 rings (SSSR count). The van der Waals surface area contributed by atoms with Crippen LogP contribution in [-0.2, 0) is 14.6 Å². The number of sulfone groups is 1. The molecule has 6 nitrogen and oxygen atoms in total. The van der Waals surface area contributed by atoms with Gasteiger partial charge in [-0.05, 0) is 30.9 Å². The van der Waals surface area contributed by atoms with Gasteiger partial charge in [-0.25, -0.2) is 13.4 Å². The third kappa shape index (κ3) is 5.08. The molecule has 2 aromatic carbocycles. The number of thioether (sulfide) groups is 1. The van der Waals surface area contributed by atoms with Gasteiger partial charge in [0.05, 0.1) is 34.3 Å². The van der Waals surface area contributed by atoms with Crippen LogP contribution < -0.4 is 0 Å². The highest BCUT2D eigenvalue weighted by Crippen LogP contribution is 2.35. The van der Waals surface area contributed by atoms with Crippen LogP contribution >= 0.6 is 11.8 Å². The standard InChI is InChI=1S/C26H31N3O3S2/c1-18(2)22-12-8-9-13-23(22)29-24(20-10-6-5-7-11-20)16-27-26(29)33-19(3)25(30)28(4)21-14-15-34(31,32)17-21/h5-13,16,18-19,21H,14-15,17H2,1-4H3/t19-,21-/m0/s1. The highest BCUT2D eigenvalue weighted by molar-refractivity contribution is 8.00. The SMILES string of the molecule is CC(C)c1ccccc1-n1c(-c2ccccc2)cnc1S[C@@H](C)C(=O)N(C)[C@H]1CCS(=O)(=O)C1. The Bertz CT molecular complexity index is 1270. The van der Waals surface area contributed by atoms with E-state index in [2.05, 4.69) is 42.7 Å². The molecule has 2 heterocycles. The predicted octanol–water partition coefficient (Wildman–Crippen LogP) is 4.79. The predicted molar refractivity (Wildman–Crippen MR) is 138 cm³/mol. The molecule has 8 heteroatoms. The van der Waals surface area contributed by atoms with Gasteiger partial charge in [-0.2, -0.15) is 0 Å². The summed E-state index contributed by atoms with van der Waals surface area (Å²) in [6, 6.07) is 18.1. The number of hydrogen-bond donors (Lipinski definition) is 0. The smallest absolute Gasteiger partial charge is 0.235 e. The summed E-state index contributed by atoms with van der Waals surface area (Å²) >= 11 is 1.41. The van der Waals surface area contributed by atoms with Crippen molar-refractivity contribution in [1.29, 1.82) is 0 Å². The maximum atomic E-state index is 13.2. The summed E-state index contributed by atoms with van der Waals surface area (Å²) in [5.74, 6) is 0.420. The van der Waals surface area contributed by atoms with Crippen molar-refractivity contribution in [2.45, 2.75) is 49.6 Å². The van der Waals surface area contributed by atoms with E-state index in [9.17, 15) is 13.2 Å². The molecule has 0 radical (unpaired) electrons. The van der Waals surface area contributed by atoms with Crippen molar-refractivity contribution in [3.05, 3.63) is 66.4 Å². The Morgan fingerprint density at radius 1 is 1.09 bits per heavy atom. The van der Waals surface area contributed by atoms with Crippen LogP contribution in [0.25, 0.3) is 16.9 Å². The van der Waals surface area contributed by atoms with Crippen molar-refractivity contribution in [3.63, 3.8) is 0 Å². The van der Waals surface area contributed by atoms with Crippen molar-refractivity contribution < 1.29 is 13.2 Å². The third-order valence-corrected chi connectivity index (χ3v) is 9.14. The second-order valence-corrected chi connectivity index (χ2v) is 12.6. The molecule has 2 atom stereocenters. The number of hydrogen-bond acceptors (Lipinski definition) is 5. The first-order valence-corrected chi connectivity index (χ1v) is 14.2. The lowest BCUT2D eigenvalue weighted by molar-refractivity contribution is -0.130. The molecule has 1 fully saturated rings. The number of rotatable bonds is 7. The quantitative estimate of drug-likeness (QED) is 0.439. The van der Waals surface area contributed by atoms with Gasteiger partial charge in [-0.3, -0.25) is 9.36 Å². The number of amides is 1. The van der Waals surface area contributed by atoms with Crippen LogP contribution in [0.15, 0.2) is 66.0 Å². The summed E-state index contributed by atoms with van der Waals surface area (Å²) in [5.41, 5.74) is 4.26. The van der Waals surface area contributed by atoms with E-state index in [1.54, 1.807) is 11.9 Å². The summed E-state index contributed by atoms with van der Waals surface area (Å²) in [7, 11) is -1.35. The summed E-state index contributed by atoms with van der Waals surface area (Å²) in [6.45, 7) is 6.20. The van der Waals surface area contributed by atoms with Gasteiger partial charge >= 0.3 is 0 Å². The molecular weight excluding hydrogens is 466 g/mol. The molecule has 1 saturated heterocycles. The fourth-order valence-corrected chi connectivity index (χ4v) is 7.17. The lowest BCUT2D eigenvalue weighted by Gasteiger charge is -2.26. The molecule has 0 aliphatic carbocycles. The Kier molecular flexibility index (Phi) is 7.19. The lowest BCUT2D eigenvalue weighted by atomic mass is 10.0. The van der Waals surface area contributed by atoms with Crippen molar-refractivity contribution in [2.24, 2.45) is 0 Å². The number of para-hydroxylation sites is 1. The summed E-state index contributed by atoms with van der Waals surface area (Å²) in [4.78, 5) is 19.6. The maximum absolute atomic E-state index is 13.2. The Morgan fingerprint density at radius 2 is 1.76 bits per heavy atom. The molecule has 0 bridgehead atoms. The zero-order valence-electron chi connectivity index (χ0n) is 20.0. The molecule has 1 aliphatic heterocycles.